The molecule has 0 fully saturated rings. The van der Waals surface area contributed by atoms with Gasteiger partial charge in [-0.25, -0.2) is 4.98 Å². The highest BCUT2D eigenvalue weighted by Crippen LogP contribution is 2.21. The fourth-order valence-electron chi connectivity index (χ4n) is 3.22. The molecule has 1 aromatic heterocycles. The number of rotatable bonds is 9. The molecule has 0 atom stereocenters. The summed E-state index contributed by atoms with van der Waals surface area (Å²) in [4.78, 5) is 29.5. The van der Waals surface area contributed by atoms with Crippen LogP contribution in [0.2, 0.25) is 0 Å². The number of benzene rings is 3. The molecule has 7 nitrogen and oxygen atoms in total. The first kappa shape index (κ1) is 21.8. The van der Waals surface area contributed by atoms with Gasteiger partial charge in [-0.2, -0.15) is 0 Å². The number of aryl methyl sites for hydroxylation is 1. The second-order valence-corrected chi connectivity index (χ2v) is 7.23. The third-order valence-corrected chi connectivity index (χ3v) is 4.91. The van der Waals surface area contributed by atoms with E-state index in [0.29, 0.717) is 41.6 Å². The number of carbonyl (C=O) groups is 2. The first-order chi connectivity index (χ1) is 16.1. The lowest BCUT2D eigenvalue weighted by Gasteiger charge is -2.12. The molecular formula is C26H23N3O4. The molecule has 1 heterocycles. The summed E-state index contributed by atoms with van der Waals surface area (Å²) in [7, 11) is 1.77. The van der Waals surface area contributed by atoms with Gasteiger partial charge in [0.25, 0.3) is 5.91 Å². The maximum atomic E-state index is 12.8. The van der Waals surface area contributed by atoms with Gasteiger partial charge in [-0.3, -0.25) is 9.59 Å². The highest BCUT2D eigenvalue weighted by Gasteiger charge is 2.15. The highest BCUT2D eigenvalue weighted by atomic mass is 16.5. The van der Waals surface area contributed by atoms with Crippen LogP contribution in [-0.4, -0.2) is 34.5 Å². The van der Waals surface area contributed by atoms with Crippen molar-refractivity contribution in [3.05, 3.63) is 108 Å². The van der Waals surface area contributed by atoms with Gasteiger partial charge in [-0.15, -0.1) is 0 Å². The van der Waals surface area contributed by atoms with Crippen LogP contribution in [0.25, 0.3) is 0 Å². The van der Waals surface area contributed by atoms with Gasteiger partial charge >= 0.3 is 0 Å². The summed E-state index contributed by atoms with van der Waals surface area (Å²) in [6.45, 7) is 0.647. The van der Waals surface area contributed by atoms with Crippen LogP contribution in [0.4, 0.5) is 5.69 Å². The molecule has 0 aliphatic heterocycles. The van der Waals surface area contributed by atoms with E-state index in [2.05, 4.69) is 10.3 Å². The van der Waals surface area contributed by atoms with Crippen LogP contribution in [0.3, 0.4) is 0 Å². The number of ether oxygens (including phenoxy) is 2. The summed E-state index contributed by atoms with van der Waals surface area (Å²) in [6.07, 6.45) is 3.30. The summed E-state index contributed by atoms with van der Waals surface area (Å²) in [5.74, 6) is 1.09. The van der Waals surface area contributed by atoms with Crippen molar-refractivity contribution in [2.75, 3.05) is 18.5 Å². The number of anilines is 1. The van der Waals surface area contributed by atoms with Crippen LogP contribution < -0.4 is 14.8 Å². The van der Waals surface area contributed by atoms with Gasteiger partial charge < -0.3 is 19.4 Å². The number of imidazole rings is 1. The second-order valence-electron chi connectivity index (χ2n) is 7.23. The molecule has 4 rings (SSSR count). The van der Waals surface area contributed by atoms with Crippen molar-refractivity contribution in [3.63, 3.8) is 0 Å². The molecule has 0 saturated carbocycles. The zero-order valence-corrected chi connectivity index (χ0v) is 18.1. The molecular weight excluding hydrogens is 418 g/mol. The summed E-state index contributed by atoms with van der Waals surface area (Å²) in [6, 6.07) is 23.2. The van der Waals surface area contributed by atoms with Crippen LogP contribution in [0.15, 0.2) is 91.3 Å². The second kappa shape index (κ2) is 10.3. The number of para-hydroxylation sites is 2. The Kier molecular flexibility index (Phi) is 6.80. The Hall–Kier alpha value is -4.39. The van der Waals surface area contributed by atoms with Crippen molar-refractivity contribution in [1.29, 1.82) is 0 Å². The number of carbonyl (C=O) groups excluding carboxylic acids is 2. The molecule has 0 unspecified atom stereocenters. The average molecular weight is 441 g/mol. The van der Waals surface area contributed by atoms with Crippen LogP contribution >= 0.6 is 0 Å². The van der Waals surface area contributed by atoms with Crippen LogP contribution in [0, 0.1) is 0 Å². The number of aromatic nitrogens is 2. The molecule has 0 bridgehead atoms. The smallest absolute Gasteiger partial charge is 0.259 e. The summed E-state index contributed by atoms with van der Waals surface area (Å²) >= 11 is 0. The maximum absolute atomic E-state index is 12.8. The minimum absolute atomic E-state index is 0.183. The zero-order chi connectivity index (χ0) is 23.0. The molecule has 0 radical (unpaired) electrons. The predicted octanol–water partition coefficient (Wildman–Crippen LogP) is 4.36. The van der Waals surface area contributed by atoms with Gasteiger partial charge in [0.2, 0.25) is 5.78 Å². The molecule has 7 heteroatoms. The molecule has 1 N–H and O–H groups in total. The average Bonchev–Trinajstić information content (AvgIpc) is 3.28. The maximum Gasteiger partial charge on any atom is 0.259 e. The van der Waals surface area contributed by atoms with Gasteiger partial charge in [0, 0.05) is 30.7 Å². The quantitative estimate of drug-likeness (QED) is 0.308. The van der Waals surface area contributed by atoms with Crippen molar-refractivity contribution in [2.24, 2.45) is 7.05 Å². The van der Waals surface area contributed by atoms with E-state index in [4.69, 9.17) is 9.47 Å². The minimum atomic E-state index is -0.308. The number of amides is 1. The van der Waals surface area contributed by atoms with Gasteiger partial charge in [0.05, 0.1) is 5.56 Å². The van der Waals surface area contributed by atoms with Crippen molar-refractivity contribution in [2.45, 2.75) is 0 Å². The molecule has 33 heavy (non-hydrogen) atoms. The monoisotopic (exact) mass is 441 g/mol. The lowest BCUT2D eigenvalue weighted by atomic mass is 10.1. The Bertz CT molecular complexity index is 1230. The predicted molar refractivity (Wildman–Crippen MR) is 125 cm³/mol. The third-order valence-electron chi connectivity index (χ3n) is 4.91. The Balaban J connectivity index is 1.36. The zero-order valence-electron chi connectivity index (χ0n) is 18.1. The number of nitrogens with zero attached hydrogens (tertiary/aromatic N) is 2. The molecule has 0 aliphatic carbocycles. The number of ketones is 1. The van der Waals surface area contributed by atoms with Crippen LogP contribution in [0.5, 0.6) is 11.5 Å². The normalized spacial score (nSPS) is 10.5. The summed E-state index contributed by atoms with van der Waals surface area (Å²) in [5, 5.41) is 2.84. The molecule has 4 aromatic rings. The van der Waals surface area contributed by atoms with E-state index in [-0.39, 0.29) is 11.7 Å². The topological polar surface area (TPSA) is 82.5 Å². The highest BCUT2D eigenvalue weighted by molar-refractivity contribution is 6.08. The van der Waals surface area contributed by atoms with Crippen LogP contribution in [0.1, 0.15) is 26.5 Å². The molecule has 0 aliphatic rings. The van der Waals surface area contributed by atoms with Gasteiger partial charge in [0.1, 0.15) is 24.7 Å². The fraction of sp³-hybridized carbons (Fsp3) is 0.115. The van der Waals surface area contributed by atoms with Gasteiger partial charge in [-0.05, 0) is 48.5 Å². The van der Waals surface area contributed by atoms with E-state index in [1.165, 1.54) is 0 Å². The lowest BCUT2D eigenvalue weighted by molar-refractivity contribution is 0.101. The summed E-state index contributed by atoms with van der Waals surface area (Å²) in [5.41, 5.74) is 1.47. The van der Waals surface area contributed by atoms with Crippen molar-refractivity contribution in [3.8, 4) is 11.5 Å². The third kappa shape index (κ3) is 5.46. The SMILES string of the molecule is Cn1ccnc1C(=O)c1ccc(NC(=O)c2ccccc2OCCOc2ccccc2)cc1. The number of nitrogens with one attached hydrogen (secondary N) is 1. The van der Waals surface area contributed by atoms with Crippen LogP contribution in [-0.2, 0) is 7.05 Å². The van der Waals surface area contributed by atoms with Gasteiger partial charge in [-0.1, -0.05) is 30.3 Å². The van der Waals surface area contributed by atoms with E-state index in [1.54, 1.807) is 66.5 Å². The van der Waals surface area contributed by atoms with Gasteiger partial charge in [0.15, 0.2) is 5.82 Å². The number of hydrogen-bond donors (Lipinski definition) is 1. The lowest BCUT2D eigenvalue weighted by Crippen LogP contribution is -2.16. The van der Waals surface area contributed by atoms with Crippen molar-refractivity contribution < 1.29 is 19.1 Å². The Morgan fingerprint density at radius 3 is 2.30 bits per heavy atom. The minimum Gasteiger partial charge on any atom is -0.490 e. The standard InChI is InChI=1S/C26H23N3O4/c1-29-16-15-27-25(29)24(30)19-11-13-20(14-12-19)28-26(31)22-9-5-6-10-23(22)33-18-17-32-21-7-3-2-4-8-21/h2-16H,17-18H2,1H3,(H,28,31). The Morgan fingerprint density at radius 1 is 0.879 bits per heavy atom. The largest absolute Gasteiger partial charge is 0.490 e. The Labute approximate surface area is 191 Å². The van der Waals surface area contributed by atoms with E-state index in [9.17, 15) is 9.59 Å². The number of hydrogen-bond acceptors (Lipinski definition) is 5. The van der Waals surface area contributed by atoms with Crippen molar-refractivity contribution in [1.82, 2.24) is 9.55 Å². The van der Waals surface area contributed by atoms with E-state index >= 15 is 0 Å². The van der Waals surface area contributed by atoms with Crippen molar-refractivity contribution >= 4 is 17.4 Å². The fourth-order valence-corrected chi connectivity index (χ4v) is 3.22. The molecule has 166 valence electrons. The molecule has 1 amide bonds. The first-order valence-electron chi connectivity index (χ1n) is 10.4. The summed E-state index contributed by atoms with van der Waals surface area (Å²) < 4.78 is 13.1. The molecule has 3 aromatic carbocycles. The molecule has 0 spiro atoms. The van der Waals surface area contributed by atoms with E-state index < -0.39 is 0 Å². The van der Waals surface area contributed by atoms with E-state index in [1.807, 2.05) is 36.4 Å². The van der Waals surface area contributed by atoms with E-state index in [0.717, 1.165) is 5.75 Å². The first-order valence-corrected chi connectivity index (χ1v) is 10.4. The Morgan fingerprint density at radius 2 is 1.58 bits per heavy atom. The molecule has 0 saturated heterocycles.